The van der Waals surface area contributed by atoms with Crippen molar-refractivity contribution in [3.8, 4) is 6.07 Å². The van der Waals surface area contributed by atoms with Crippen LogP contribution in [-0.2, 0) is 21.6 Å². The van der Waals surface area contributed by atoms with E-state index in [0.717, 1.165) is 5.56 Å². The van der Waals surface area contributed by atoms with Gasteiger partial charge in [0.1, 0.15) is 6.61 Å². The van der Waals surface area contributed by atoms with Crippen LogP contribution in [0, 0.1) is 11.3 Å². The van der Waals surface area contributed by atoms with Crippen LogP contribution in [0.3, 0.4) is 0 Å². The highest BCUT2D eigenvalue weighted by atomic mass is 35.5. The lowest BCUT2D eigenvalue weighted by Gasteiger charge is -2.30. The van der Waals surface area contributed by atoms with Crippen molar-refractivity contribution >= 4 is 35.1 Å². The number of thioether (sulfide) groups is 1. The molecule has 1 aliphatic rings. The largest absolute Gasteiger partial charge is 0.457 e. The molecule has 42 heavy (non-hydrogen) atoms. The molecule has 0 saturated carbocycles. The zero-order valence-corrected chi connectivity index (χ0v) is 25.9. The number of carbonyl (C=O) groups is 2. The van der Waals surface area contributed by atoms with E-state index >= 15 is 0 Å². The number of nitriles is 1. The number of rotatable bonds is 10. The maximum absolute atomic E-state index is 13.5. The number of allylic oxidation sites excluding steroid dienone is 2. The summed E-state index contributed by atoms with van der Waals surface area (Å²) in [5.41, 5.74) is 4.82. The zero-order chi connectivity index (χ0) is 30.3. The number of Topliss-reactive ketones (excluding diaryl/α,β-unsaturated/α-hetero) is 1. The molecule has 3 aromatic rings. The van der Waals surface area contributed by atoms with Gasteiger partial charge in [-0.05, 0) is 47.3 Å². The lowest BCUT2D eigenvalue weighted by atomic mass is 9.82. The average molecular weight is 599 g/mol. The molecule has 0 aliphatic carbocycles. The first-order chi connectivity index (χ1) is 20.1. The highest BCUT2D eigenvalue weighted by Gasteiger charge is 2.36. The fraction of sp³-hybridized carbons (Fsp3) is 0.286. The van der Waals surface area contributed by atoms with Crippen LogP contribution in [0.2, 0.25) is 5.02 Å². The van der Waals surface area contributed by atoms with Crippen molar-refractivity contribution in [3.63, 3.8) is 0 Å². The molecule has 0 bridgehead atoms. The second kappa shape index (κ2) is 13.9. The van der Waals surface area contributed by atoms with Gasteiger partial charge in [0.25, 0.3) is 0 Å². The van der Waals surface area contributed by atoms with E-state index in [-0.39, 0.29) is 17.8 Å². The molecule has 1 N–H and O–H groups in total. The Morgan fingerprint density at radius 1 is 1.00 bits per heavy atom. The third kappa shape index (κ3) is 7.53. The lowest BCUT2D eigenvalue weighted by Crippen LogP contribution is -2.29. The average Bonchev–Trinajstić information content (AvgIpc) is 2.98. The van der Waals surface area contributed by atoms with Crippen LogP contribution in [0.1, 0.15) is 73.5 Å². The Morgan fingerprint density at radius 2 is 1.67 bits per heavy atom. The summed E-state index contributed by atoms with van der Waals surface area (Å²) in [5.74, 6) is -0.474. The van der Waals surface area contributed by atoms with Gasteiger partial charge in [0.15, 0.2) is 5.78 Å². The number of esters is 1. The van der Waals surface area contributed by atoms with Crippen molar-refractivity contribution in [2.45, 2.75) is 58.5 Å². The van der Waals surface area contributed by atoms with Gasteiger partial charge in [-0.2, -0.15) is 5.26 Å². The SMILES string of the molecule is CC1=C(C(=O)OCc2ccccc2)C(c2ccccc2Cl)C(C#N)=C(SCCCC(=O)c2ccc(C(C)(C)C)cc2)N1. The summed E-state index contributed by atoms with van der Waals surface area (Å²) in [6.07, 6.45) is 1.04. The maximum Gasteiger partial charge on any atom is 0.337 e. The molecule has 1 heterocycles. The van der Waals surface area contributed by atoms with Crippen molar-refractivity contribution in [1.82, 2.24) is 5.32 Å². The topological polar surface area (TPSA) is 79.2 Å². The summed E-state index contributed by atoms with van der Waals surface area (Å²) >= 11 is 8.07. The normalized spacial score (nSPS) is 15.2. The number of hydrogen-bond donors (Lipinski definition) is 1. The van der Waals surface area contributed by atoms with E-state index in [1.54, 1.807) is 6.07 Å². The number of halogens is 1. The number of nitrogens with zero attached hydrogens (tertiary/aromatic N) is 1. The van der Waals surface area contributed by atoms with E-state index in [1.165, 1.54) is 17.3 Å². The smallest absolute Gasteiger partial charge is 0.337 e. The van der Waals surface area contributed by atoms with Gasteiger partial charge in [-0.3, -0.25) is 4.79 Å². The predicted octanol–water partition coefficient (Wildman–Crippen LogP) is 8.47. The van der Waals surface area contributed by atoms with E-state index in [2.05, 4.69) is 32.2 Å². The quantitative estimate of drug-likeness (QED) is 0.143. The van der Waals surface area contributed by atoms with Crippen molar-refractivity contribution in [1.29, 1.82) is 5.26 Å². The molecule has 3 aromatic carbocycles. The Balaban J connectivity index is 1.49. The minimum Gasteiger partial charge on any atom is -0.457 e. The molecule has 216 valence electrons. The predicted molar refractivity (Wildman–Crippen MR) is 170 cm³/mol. The molecule has 0 radical (unpaired) electrons. The number of benzene rings is 3. The van der Waals surface area contributed by atoms with Gasteiger partial charge in [-0.15, -0.1) is 11.8 Å². The van der Waals surface area contributed by atoms with E-state index in [0.29, 0.717) is 56.6 Å². The Bertz CT molecular complexity index is 1550. The molecule has 0 spiro atoms. The highest BCUT2D eigenvalue weighted by Crippen LogP contribution is 2.43. The summed E-state index contributed by atoms with van der Waals surface area (Å²) in [4.78, 5) is 26.3. The van der Waals surface area contributed by atoms with E-state index < -0.39 is 11.9 Å². The molecule has 5 nitrogen and oxygen atoms in total. The summed E-state index contributed by atoms with van der Waals surface area (Å²) in [5, 5.41) is 14.7. The Hall–Kier alpha value is -3.79. The minimum atomic E-state index is -0.682. The number of carbonyl (C=O) groups excluding carboxylic acids is 2. The lowest BCUT2D eigenvalue weighted by molar-refractivity contribution is -0.140. The first-order valence-electron chi connectivity index (χ1n) is 13.9. The van der Waals surface area contributed by atoms with Gasteiger partial charge >= 0.3 is 5.97 Å². The first kappa shape index (κ1) is 31.2. The van der Waals surface area contributed by atoms with Gasteiger partial charge in [0.2, 0.25) is 0 Å². The summed E-state index contributed by atoms with van der Waals surface area (Å²) < 4.78 is 5.69. The first-order valence-corrected chi connectivity index (χ1v) is 15.3. The molecule has 1 unspecified atom stereocenters. The second-order valence-corrected chi connectivity index (χ2v) is 12.7. The standard InChI is InChI=1S/C35H35ClN2O3S/c1-23-31(34(40)41-22-24-11-6-5-7-12-24)32(27-13-8-9-14-29(27)36)28(21-37)33(38-23)42-20-10-15-30(39)25-16-18-26(19-17-25)35(2,3)4/h5-9,11-14,16-19,32,38H,10,15,20,22H2,1-4H3. The van der Waals surface area contributed by atoms with E-state index in [1.807, 2.05) is 79.7 Å². The molecule has 4 rings (SSSR count). The van der Waals surface area contributed by atoms with Crippen LogP contribution in [0.25, 0.3) is 0 Å². The second-order valence-electron chi connectivity index (χ2n) is 11.2. The van der Waals surface area contributed by atoms with Crippen molar-refractivity contribution in [2.75, 3.05) is 5.75 Å². The van der Waals surface area contributed by atoms with Gasteiger partial charge < -0.3 is 10.1 Å². The molecule has 1 atom stereocenters. The molecular weight excluding hydrogens is 564 g/mol. The zero-order valence-electron chi connectivity index (χ0n) is 24.4. The summed E-state index contributed by atoms with van der Waals surface area (Å²) in [6.45, 7) is 8.37. The molecule has 7 heteroatoms. The third-order valence-corrected chi connectivity index (χ3v) is 8.61. The Kier molecular flexibility index (Phi) is 10.3. The van der Waals surface area contributed by atoms with Gasteiger partial charge in [0.05, 0.1) is 28.2 Å². The van der Waals surface area contributed by atoms with Crippen LogP contribution >= 0.6 is 23.4 Å². The van der Waals surface area contributed by atoms with Crippen LogP contribution < -0.4 is 5.32 Å². The molecule has 0 aromatic heterocycles. The summed E-state index contributed by atoms with van der Waals surface area (Å²) in [7, 11) is 0. The van der Waals surface area contributed by atoms with Crippen LogP contribution in [-0.4, -0.2) is 17.5 Å². The number of hydrogen-bond acceptors (Lipinski definition) is 6. The molecule has 1 aliphatic heterocycles. The number of dihydropyridines is 1. The highest BCUT2D eigenvalue weighted by molar-refractivity contribution is 8.03. The molecule has 0 saturated heterocycles. The van der Waals surface area contributed by atoms with Crippen molar-refractivity contribution < 1.29 is 14.3 Å². The van der Waals surface area contributed by atoms with E-state index in [4.69, 9.17) is 16.3 Å². The van der Waals surface area contributed by atoms with Crippen LogP contribution in [0.15, 0.2) is 101 Å². The Morgan fingerprint density at radius 3 is 2.31 bits per heavy atom. The number of ketones is 1. The Labute approximate surface area is 257 Å². The fourth-order valence-electron chi connectivity index (χ4n) is 4.83. The molecular formula is C35H35ClN2O3S. The number of nitrogens with one attached hydrogen (secondary N) is 1. The number of ether oxygens (including phenoxy) is 1. The van der Waals surface area contributed by atoms with Gasteiger partial charge in [0, 0.05) is 22.7 Å². The van der Waals surface area contributed by atoms with E-state index in [9.17, 15) is 14.9 Å². The minimum absolute atomic E-state index is 0.0320. The summed E-state index contributed by atoms with van der Waals surface area (Å²) in [6, 6.07) is 26.9. The van der Waals surface area contributed by atoms with Crippen LogP contribution in [0.5, 0.6) is 0 Å². The molecule has 0 amide bonds. The fourth-order valence-corrected chi connectivity index (χ4v) is 6.11. The van der Waals surface area contributed by atoms with Crippen molar-refractivity contribution in [3.05, 3.63) is 128 Å². The monoisotopic (exact) mass is 598 g/mol. The van der Waals surface area contributed by atoms with Crippen molar-refractivity contribution in [2.24, 2.45) is 0 Å². The molecule has 0 fully saturated rings. The van der Waals surface area contributed by atoms with Gasteiger partial charge in [-0.1, -0.05) is 105 Å². The van der Waals surface area contributed by atoms with Crippen LogP contribution in [0.4, 0.5) is 0 Å². The van der Waals surface area contributed by atoms with Gasteiger partial charge in [-0.25, -0.2) is 4.79 Å². The third-order valence-electron chi connectivity index (χ3n) is 7.16. The maximum atomic E-state index is 13.5.